The highest BCUT2D eigenvalue weighted by Crippen LogP contribution is 2.08. The summed E-state index contributed by atoms with van der Waals surface area (Å²) in [7, 11) is 2.98. The van der Waals surface area contributed by atoms with Gasteiger partial charge in [-0.2, -0.15) is 0 Å². The van der Waals surface area contributed by atoms with E-state index in [1.54, 1.807) is 7.05 Å². The summed E-state index contributed by atoms with van der Waals surface area (Å²) in [6.07, 6.45) is 0.955. The molecule has 1 amide bonds. The third-order valence-electron chi connectivity index (χ3n) is 2.24. The molecule has 4 nitrogen and oxygen atoms in total. The highest BCUT2D eigenvalue weighted by atomic mass is 79.9. The summed E-state index contributed by atoms with van der Waals surface area (Å²) in [5.74, 6) is -0.264. The van der Waals surface area contributed by atoms with Crippen molar-refractivity contribution in [2.45, 2.75) is 6.42 Å². The summed E-state index contributed by atoms with van der Waals surface area (Å²) in [4.78, 5) is 16.3. The number of carbonyl (C=O) groups is 1. The molecule has 0 fully saturated rings. The van der Waals surface area contributed by atoms with Gasteiger partial charge in [0, 0.05) is 17.9 Å². The van der Waals surface area contributed by atoms with E-state index in [0.717, 1.165) is 17.3 Å². The molecule has 1 aromatic rings. The Morgan fingerprint density at radius 1 is 1.41 bits per heavy atom. The minimum Gasteiger partial charge on any atom is -0.398 e. The van der Waals surface area contributed by atoms with Gasteiger partial charge in [-0.3, -0.25) is 4.79 Å². The monoisotopic (exact) mass is 298 g/mol. The van der Waals surface area contributed by atoms with Gasteiger partial charge in [-0.1, -0.05) is 45.4 Å². The Labute approximate surface area is 109 Å². The van der Waals surface area contributed by atoms with Crippen molar-refractivity contribution >= 4 is 27.5 Å². The molecule has 0 saturated carbocycles. The first-order valence-corrected chi connectivity index (χ1v) is 6.33. The molecule has 92 valence electrons. The summed E-state index contributed by atoms with van der Waals surface area (Å²) in [6, 6.07) is 7.69. The van der Waals surface area contributed by atoms with Crippen LogP contribution in [-0.4, -0.2) is 31.1 Å². The molecular weight excluding hydrogens is 284 g/mol. The predicted octanol–water partition coefficient (Wildman–Crippen LogP) is 1.72. The van der Waals surface area contributed by atoms with Crippen molar-refractivity contribution in [2.24, 2.45) is 5.16 Å². The number of hydrogen-bond acceptors (Lipinski definition) is 3. The van der Waals surface area contributed by atoms with Crippen molar-refractivity contribution in [3.8, 4) is 0 Å². The van der Waals surface area contributed by atoms with Gasteiger partial charge in [0.1, 0.15) is 7.11 Å². The maximum absolute atomic E-state index is 11.6. The van der Waals surface area contributed by atoms with Crippen LogP contribution in [0.5, 0.6) is 0 Å². The van der Waals surface area contributed by atoms with Crippen LogP contribution in [0.4, 0.5) is 0 Å². The largest absolute Gasteiger partial charge is 0.398 e. The zero-order chi connectivity index (χ0) is 12.7. The second-order valence-electron chi connectivity index (χ2n) is 3.34. The summed E-state index contributed by atoms with van der Waals surface area (Å²) >= 11 is 3.38. The Hall–Kier alpha value is -1.36. The summed E-state index contributed by atoms with van der Waals surface area (Å²) in [6.45, 7) is 0. The van der Waals surface area contributed by atoms with Crippen molar-refractivity contribution in [2.75, 3.05) is 19.5 Å². The van der Waals surface area contributed by atoms with E-state index in [1.165, 1.54) is 12.7 Å². The lowest BCUT2D eigenvalue weighted by molar-refractivity contribution is -0.114. The number of halogens is 1. The molecule has 17 heavy (non-hydrogen) atoms. The molecule has 5 heteroatoms. The predicted molar refractivity (Wildman–Crippen MR) is 71.6 cm³/mol. The van der Waals surface area contributed by atoms with E-state index in [0.29, 0.717) is 0 Å². The fraction of sp³-hybridized carbons (Fsp3) is 0.333. The molecule has 0 saturated heterocycles. The van der Waals surface area contributed by atoms with Gasteiger partial charge in [-0.25, -0.2) is 0 Å². The average molecular weight is 299 g/mol. The molecule has 0 aliphatic heterocycles. The van der Waals surface area contributed by atoms with Crippen LogP contribution in [0.3, 0.4) is 0 Å². The third kappa shape index (κ3) is 3.85. The maximum atomic E-state index is 11.6. The Bertz CT molecular complexity index is 401. The Morgan fingerprint density at radius 2 is 2.06 bits per heavy atom. The van der Waals surface area contributed by atoms with Crippen molar-refractivity contribution in [1.82, 2.24) is 5.32 Å². The summed E-state index contributed by atoms with van der Waals surface area (Å²) < 4.78 is 0. The van der Waals surface area contributed by atoms with Gasteiger partial charge >= 0.3 is 0 Å². The average Bonchev–Trinajstić information content (AvgIpc) is 2.37. The molecule has 0 aliphatic carbocycles. The topological polar surface area (TPSA) is 50.7 Å². The van der Waals surface area contributed by atoms with E-state index in [-0.39, 0.29) is 11.6 Å². The Morgan fingerprint density at radius 3 is 2.53 bits per heavy atom. The van der Waals surface area contributed by atoms with E-state index in [9.17, 15) is 4.79 Å². The molecule has 0 spiro atoms. The minimum absolute atomic E-state index is 0.264. The van der Waals surface area contributed by atoms with Crippen molar-refractivity contribution < 1.29 is 9.63 Å². The minimum atomic E-state index is -0.264. The Balaban J connectivity index is 2.96. The smallest absolute Gasteiger partial charge is 0.273 e. The SMILES string of the molecule is CNC(=O)/C(=N/OC)c1ccc(CCBr)cc1. The number of alkyl halides is 1. The summed E-state index contributed by atoms with van der Waals surface area (Å²) in [5, 5.41) is 7.18. The first-order valence-electron chi connectivity index (χ1n) is 5.21. The first kappa shape index (κ1) is 13.7. The van der Waals surface area contributed by atoms with Crippen LogP contribution in [0.1, 0.15) is 11.1 Å². The van der Waals surface area contributed by atoms with Crippen LogP contribution in [0, 0.1) is 0 Å². The van der Waals surface area contributed by atoms with Gasteiger partial charge in [-0.05, 0) is 12.0 Å². The lowest BCUT2D eigenvalue weighted by Gasteiger charge is -2.05. The fourth-order valence-corrected chi connectivity index (χ4v) is 1.83. The molecule has 1 rings (SSSR count). The molecule has 0 radical (unpaired) electrons. The van der Waals surface area contributed by atoms with Crippen LogP contribution in [0.2, 0.25) is 0 Å². The number of hydrogen-bond donors (Lipinski definition) is 1. The second kappa shape index (κ2) is 7.06. The van der Waals surface area contributed by atoms with E-state index in [1.807, 2.05) is 24.3 Å². The quantitative estimate of drug-likeness (QED) is 0.511. The lowest BCUT2D eigenvalue weighted by atomic mass is 10.1. The van der Waals surface area contributed by atoms with Crippen LogP contribution < -0.4 is 5.32 Å². The maximum Gasteiger partial charge on any atom is 0.273 e. The van der Waals surface area contributed by atoms with Gasteiger partial charge in [0.05, 0.1) is 0 Å². The lowest BCUT2D eigenvalue weighted by Crippen LogP contribution is -2.28. The second-order valence-corrected chi connectivity index (χ2v) is 4.13. The summed E-state index contributed by atoms with van der Waals surface area (Å²) in [5.41, 5.74) is 2.23. The number of nitrogens with one attached hydrogen (secondary N) is 1. The van der Waals surface area contributed by atoms with Gasteiger partial charge in [0.2, 0.25) is 0 Å². The van der Waals surface area contributed by atoms with Crippen LogP contribution in [-0.2, 0) is 16.1 Å². The van der Waals surface area contributed by atoms with Crippen molar-refractivity contribution in [3.63, 3.8) is 0 Å². The zero-order valence-corrected chi connectivity index (χ0v) is 11.5. The van der Waals surface area contributed by atoms with Gasteiger partial charge < -0.3 is 10.2 Å². The van der Waals surface area contributed by atoms with Crippen LogP contribution in [0.15, 0.2) is 29.4 Å². The third-order valence-corrected chi connectivity index (χ3v) is 2.63. The van der Waals surface area contributed by atoms with E-state index < -0.39 is 0 Å². The number of likely N-dealkylation sites (N-methyl/N-ethyl adjacent to an activating group) is 1. The molecule has 0 aromatic heterocycles. The number of amides is 1. The van der Waals surface area contributed by atoms with Crippen molar-refractivity contribution in [3.05, 3.63) is 35.4 Å². The zero-order valence-electron chi connectivity index (χ0n) is 9.87. The van der Waals surface area contributed by atoms with E-state index >= 15 is 0 Å². The molecule has 0 unspecified atom stereocenters. The Kier molecular flexibility index (Phi) is 5.69. The number of carbonyl (C=O) groups excluding carboxylic acids is 1. The number of benzene rings is 1. The van der Waals surface area contributed by atoms with Gasteiger partial charge in [0.25, 0.3) is 5.91 Å². The molecular formula is C12H15BrN2O2. The highest BCUT2D eigenvalue weighted by molar-refractivity contribution is 9.09. The van der Waals surface area contributed by atoms with Crippen LogP contribution >= 0.6 is 15.9 Å². The molecule has 1 aromatic carbocycles. The van der Waals surface area contributed by atoms with Gasteiger partial charge in [-0.15, -0.1) is 0 Å². The molecule has 0 bridgehead atoms. The molecule has 0 aliphatic rings. The normalized spacial score (nSPS) is 11.1. The molecule has 0 heterocycles. The van der Waals surface area contributed by atoms with Crippen molar-refractivity contribution in [1.29, 1.82) is 0 Å². The number of nitrogens with zero attached hydrogens (tertiary/aromatic N) is 1. The number of oxime groups is 1. The molecule has 1 N–H and O–H groups in total. The molecule has 0 atom stereocenters. The van der Waals surface area contributed by atoms with Gasteiger partial charge in [0.15, 0.2) is 5.71 Å². The number of rotatable bonds is 5. The number of aryl methyl sites for hydroxylation is 1. The van der Waals surface area contributed by atoms with Crippen LogP contribution in [0.25, 0.3) is 0 Å². The van der Waals surface area contributed by atoms with E-state index in [4.69, 9.17) is 0 Å². The first-order chi connectivity index (χ1) is 8.22. The fourth-order valence-electron chi connectivity index (χ4n) is 1.37. The van der Waals surface area contributed by atoms with E-state index in [2.05, 4.69) is 31.2 Å². The standard InChI is InChI=1S/C12H15BrN2O2/c1-14-12(16)11(15-17-2)10-5-3-9(4-6-10)7-8-13/h3-6H,7-8H2,1-2H3,(H,14,16)/b15-11+. The highest BCUT2D eigenvalue weighted by Gasteiger charge is 2.13.